The average Bonchev–Trinajstić information content (AvgIpc) is 3.86. The molecule has 0 atom stereocenters. The van der Waals surface area contributed by atoms with E-state index in [2.05, 4.69) is 217 Å². The van der Waals surface area contributed by atoms with Gasteiger partial charge in [0.1, 0.15) is 0 Å². The number of nitrogens with zero attached hydrogens (tertiary/aromatic N) is 2. The van der Waals surface area contributed by atoms with E-state index in [4.69, 9.17) is 0 Å². The van der Waals surface area contributed by atoms with Crippen LogP contribution in [0.5, 0.6) is 0 Å². The number of hydrogen-bond acceptors (Lipinski definition) is 0. The molecule has 0 saturated carbocycles. The van der Waals surface area contributed by atoms with Crippen molar-refractivity contribution in [3.63, 3.8) is 0 Å². The van der Waals surface area contributed by atoms with E-state index in [0.717, 1.165) is 5.69 Å². The number of hydrogen-bond donors (Lipinski definition) is 0. The van der Waals surface area contributed by atoms with Gasteiger partial charge >= 0.3 is 0 Å². The second kappa shape index (κ2) is 11.9. The molecule has 0 spiro atoms. The molecule has 2 heteroatoms. The summed E-state index contributed by atoms with van der Waals surface area (Å²) in [5.74, 6) is 0. The Hall–Kier alpha value is -7.16. The van der Waals surface area contributed by atoms with Crippen LogP contribution in [0.2, 0.25) is 0 Å². The second-order valence-corrected chi connectivity index (χ2v) is 16.1. The molecule has 1 aliphatic rings. The predicted molar refractivity (Wildman–Crippen MR) is 241 cm³/mol. The van der Waals surface area contributed by atoms with Crippen LogP contribution in [-0.4, -0.2) is 9.13 Å². The van der Waals surface area contributed by atoms with Gasteiger partial charge in [0.25, 0.3) is 0 Å². The Morgan fingerprint density at radius 2 is 0.982 bits per heavy atom. The number of rotatable bonds is 4. The maximum Gasteiger partial charge on any atom is 0.0588 e. The van der Waals surface area contributed by atoms with Crippen LogP contribution in [0.25, 0.3) is 99.1 Å². The quantitative estimate of drug-likeness (QED) is 0.171. The maximum atomic E-state index is 2.56. The summed E-state index contributed by atoms with van der Waals surface area (Å²) >= 11 is 0. The van der Waals surface area contributed by atoms with E-state index in [1.807, 2.05) is 0 Å². The molecule has 9 aromatic carbocycles. The molecule has 2 aromatic heterocycles. The van der Waals surface area contributed by atoms with E-state index in [1.165, 1.54) is 105 Å². The highest BCUT2D eigenvalue weighted by Gasteiger charge is 2.38. The van der Waals surface area contributed by atoms with Crippen molar-refractivity contribution in [3.8, 4) is 44.8 Å². The normalized spacial score (nSPS) is 13.2. The Morgan fingerprint density at radius 1 is 0.368 bits per heavy atom. The van der Waals surface area contributed by atoms with Gasteiger partial charge in [-0.2, -0.15) is 0 Å². The van der Waals surface area contributed by atoms with Crippen LogP contribution in [-0.2, 0) is 5.41 Å². The van der Waals surface area contributed by atoms with Gasteiger partial charge in [-0.05, 0) is 98.4 Å². The van der Waals surface area contributed by atoms with Crippen LogP contribution in [0.1, 0.15) is 25.0 Å². The van der Waals surface area contributed by atoms with Gasteiger partial charge < -0.3 is 9.13 Å². The molecular formula is C55H38N2. The van der Waals surface area contributed by atoms with Crippen LogP contribution < -0.4 is 0 Å². The van der Waals surface area contributed by atoms with Crippen LogP contribution in [0.3, 0.4) is 0 Å². The zero-order chi connectivity index (χ0) is 37.8. The molecular weight excluding hydrogens is 689 g/mol. The summed E-state index contributed by atoms with van der Waals surface area (Å²) in [6.07, 6.45) is 0. The molecule has 11 aromatic rings. The lowest BCUT2D eigenvalue weighted by Crippen LogP contribution is -2.16. The Kier molecular flexibility index (Phi) is 6.72. The first kappa shape index (κ1) is 32.1. The SMILES string of the molecule is CC1(C)c2ccccc2-c2ccc3c4cc(-c5ccc6c(c5)c5ccccc5n6-c5cccc(-c6ccccc6)c5)ccc4n(-c4cccc5ccccc45)c3c21. The molecule has 0 N–H and O–H groups in total. The number of fused-ring (bicyclic) bond motifs is 11. The smallest absolute Gasteiger partial charge is 0.0588 e. The van der Waals surface area contributed by atoms with Crippen molar-refractivity contribution in [3.05, 3.63) is 205 Å². The zero-order valence-electron chi connectivity index (χ0n) is 31.9. The fraction of sp³-hybridized carbons (Fsp3) is 0.0545. The summed E-state index contributed by atoms with van der Waals surface area (Å²) in [5.41, 5.74) is 17.5. The lowest BCUT2D eigenvalue weighted by atomic mass is 9.81. The predicted octanol–water partition coefficient (Wildman–Crippen LogP) is 14.7. The maximum absolute atomic E-state index is 2.56. The molecule has 2 nitrogen and oxygen atoms in total. The minimum atomic E-state index is -0.162. The van der Waals surface area contributed by atoms with Crippen LogP contribution in [0.15, 0.2) is 194 Å². The molecule has 0 unspecified atom stereocenters. The van der Waals surface area contributed by atoms with Gasteiger partial charge in [-0.25, -0.2) is 0 Å². The molecule has 1 aliphatic carbocycles. The van der Waals surface area contributed by atoms with Crippen molar-refractivity contribution >= 4 is 54.4 Å². The summed E-state index contributed by atoms with van der Waals surface area (Å²) in [5, 5.41) is 7.57. The third-order valence-corrected chi connectivity index (χ3v) is 12.7. The molecule has 0 aliphatic heterocycles. The van der Waals surface area contributed by atoms with Gasteiger partial charge in [-0.3, -0.25) is 0 Å². The highest BCUT2D eigenvalue weighted by Crippen LogP contribution is 2.53. The molecule has 57 heavy (non-hydrogen) atoms. The standard InChI is InChI=1S/C55H38N2/c1-55(2)48-23-10-8-21-42(48)44-28-29-45-47-34-39(27-31-52(47)57(54(45)53(44)55)49-25-13-17-36-16-6-7-20-41(36)49)38-26-30-51-46(33-38)43-22-9-11-24-50(43)56(51)40-19-12-18-37(32-40)35-14-4-3-5-15-35/h3-34H,1-2H3. The minimum absolute atomic E-state index is 0.162. The fourth-order valence-electron chi connectivity index (χ4n) is 10.1. The highest BCUT2D eigenvalue weighted by molar-refractivity contribution is 6.16. The molecule has 0 radical (unpaired) electrons. The van der Waals surface area contributed by atoms with Crippen molar-refractivity contribution in [2.24, 2.45) is 0 Å². The van der Waals surface area contributed by atoms with E-state index in [9.17, 15) is 0 Å². The molecule has 0 bridgehead atoms. The Bertz CT molecular complexity index is 3420. The second-order valence-electron chi connectivity index (χ2n) is 16.1. The van der Waals surface area contributed by atoms with E-state index in [1.54, 1.807) is 0 Å². The summed E-state index contributed by atoms with van der Waals surface area (Å²) in [4.78, 5) is 0. The summed E-state index contributed by atoms with van der Waals surface area (Å²) in [7, 11) is 0. The number of para-hydroxylation sites is 1. The molecule has 12 rings (SSSR count). The Labute approximate surface area is 331 Å². The lowest BCUT2D eigenvalue weighted by Gasteiger charge is -2.24. The van der Waals surface area contributed by atoms with E-state index < -0.39 is 0 Å². The van der Waals surface area contributed by atoms with Crippen molar-refractivity contribution < 1.29 is 0 Å². The highest BCUT2D eigenvalue weighted by atomic mass is 15.0. The van der Waals surface area contributed by atoms with Crippen LogP contribution in [0, 0.1) is 0 Å². The lowest BCUT2D eigenvalue weighted by molar-refractivity contribution is 0.664. The molecule has 2 heterocycles. The van der Waals surface area contributed by atoms with E-state index in [-0.39, 0.29) is 5.41 Å². The van der Waals surface area contributed by atoms with E-state index in [0.29, 0.717) is 0 Å². The van der Waals surface area contributed by atoms with Crippen molar-refractivity contribution in [1.29, 1.82) is 0 Å². The monoisotopic (exact) mass is 726 g/mol. The van der Waals surface area contributed by atoms with Crippen LogP contribution in [0.4, 0.5) is 0 Å². The minimum Gasteiger partial charge on any atom is -0.309 e. The largest absolute Gasteiger partial charge is 0.309 e. The molecule has 0 fully saturated rings. The average molecular weight is 727 g/mol. The molecule has 0 amide bonds. The first-order valence-corrected chi connectivity index (χ1v) is 19.9. The van der Waals surface area contributed by atoms with Gasteiger partial charge in [0.2, 0.25) is 0 Å². The first-order valence-electron chi connectivity index (χ1n) is 19.9. The summed E-state index contributed by atoms with van der Waals surface area (Å²) in [6.45, 7) is 4.80. The first-order chi connectivity index (χ1) is 28.0. The number of benzene rings is 9. The molecule has 0 saturated heterocycles. The third-order valence-electron chi connectivity index (χ3n) is 12.7. The van der Waals surface area contributed by atoms with Crippen molar-refractivity contribution in [2.45, 2.75) is 19.3 Å². The zero-order valence-corrected chi connectivity index (χ0v) is 31.9. The Morgan fingerprint density at radius 3 is 1.82 bits per heavy atom. The van der Waals surface area contributed by atoms with E-state index >= 15 is 0 Å². The molecule has 268 valence electrons. The van der Waals surface area contributed by atoms with Gasteiger partial charge in [0, 0.05) is 38.0 Å². The van der Waals surface area contributed by atoms with Gasteiger partial charge in [0.15, 0.2) is 0 Å². The Balaban J connectivity index is 1.09. The van der Waals surface area contributed by atoms with Crippen molar-refractivity contribution in [1.82, 2.24) is 9.13 Å². The van der Waals surface area contributed by atoms with Gasteiger partial charge in [-0.1, -0.05) is 159 Å². The summed E-state index contributed by atoms with van der Waals surface area (Å²) < 4.78 is 4.98. The van der Waals surface area contributed by atoms with Crippen molar-refractivity contribution in [2.75, 3.05) is 0 Å². The van der Waals surface area contributed by atoms with Gasteiger partial charge in [-0.15, -0.1) is 0 Å². The third kappa shape index (κ3) is 4.59. The summed E-state index contributed by atoms with van der Waals surface area (Å²) in [6, 6.07) is 71.8. The number of aromatic nitrogens is 2. The fourth-order valence-corrected chi connectivity index (χ4v) is 10.1. The topological polar surface area (TPSA) is 9.86 Å². The van der Waals surface area contributed by atoms with Crippen LogP contribution >= 0.6 is 0 Å². The van der Waals surface area contributed by atoms with Gasteiger partial charge in [0.05, 0.1) is 27.8 Å².